The predicted octanol–water partition coefficient (Wildman–Crippen LogP) is 0.263. The van der Waals surface area contributed by atoms with Crippen LogP contribution in [0.3, 0.4) is 0 Å². The summed E-state index contributed by atoms with van der Waals surface area (Å²) in [4.78, 5) is 11.8. The summed E-state index contributed by atoms with van der Waals surface area (Å²) in [6.45, 7) is 3.99. The Morgan fingerprint density at radius 1 is 1.67 bits per heavy atom. The van der Waals surface area contributed by atoms with Crippen molar-refractivity contribution < 1.29 is 9.90 Å². The van der Waals surface area contributed by atoms with Gasteiger partial charge in [0.2, 0.25) is 5.91 Å². The molecule has 4 nitrogen and oxygen atoms in total. The van der Waals surface area contributed by atoms with Gasteiger partial charge in [0.05, 0.1) is 5.92 Å². The Morgan fingerprint density at radius 2 is 2.47 bits per heavy atom. The third-order valence-electron chi connectivity index (χ3n) is 2.98. The van der Waals surface area contributed by atoms with E-state index >= 15 is 0 Å². The van der Waals surface area contributed by atoms with Crippen LogP contribution in [-0.4, -0.2) is 36.8 Å². The Kier molecular flexibility index (Phi) is 5.65. The summed E-state index contributed by atoms with van der Waals surface area (Å²) in [5.74, 6) is 0.258. The van der Waals surface area contributed by atoms with E-state index in [4.69, 9.17) is 5.11 Å². The van der Waals surface area contributed by atoms with E-state index in [1.807, 2.05) is 6.92 Å². The molecular formula is C11H22N2O2. The maximum Gasteiger partial charge on any atom is 0.224 e. The first-order valence-electron chi connectivity index (χ1n) is 5.89. The van der Waals surface area contributed by atoms with E-state index in [0.717, 1.165) is 32.4 Å². The van der Waals surface area contributed by atoms with Gasteiger partial charge in [-0.15, -0.1) is 0 Å². The molecule has 4 heteroatoms. The van der Waals surface area contributed by atoms with Gasteiger partial charge in [-0.25, -0.2) is 0 Å². The standard InChI is InChI=1S/C11H22N2O2/c1-2-10(5-7-14)13-11(15)9-4-3-6-12-8-9/h9-10,12,14H,2-8H2,1H3,(H,13,15)/t9-,10?/m0/s1. The number of carbonyl (C=O) groups is 1. The van der Waals surface area contributed by atoms with E-state index in [2.05, 4.69) is 10.6 Å². The molecule has 0 radical (unpaired) electrons. The van der Waals surface area contributed by atoms with E-state index in [9.17, 15) is 4.79 Å². The van der Waals surface area contributed by atoms with E-state index in [1.54, 1.807) is 0 Å². The van der Waals surface area contributed by atoms with Crippen LogP contribution in [0.1, 0.15) is 32.6 Å². The van der Waals surface area contributed by atoms with Crippen LogP contribution in [0.25, 0.3) is 0 Å². The van der Waals surface area contributed by atoms with Crippen LogP contribution in [0.5, 0.6) is 0 Å². The lowest BCUT2D eigenvalue weighted by Gasteiger charge is -2.24. The lowest BCUT2D eigenvalue weighted by atomic mass is 9.98. The van der Waals surface area contributed by atoms with Crippen molar-refractivity contribution >= 4 is 5.91 Å². The Balaban J connectivity index is 2.31. The summed E-state index contributed by atoms with van der Waals surface area (Å²) in [5.41, 5.74) is 0. The second-order valence-corrected chi connectivity index (χ2v) is 4.17. The summed E-state index contributed by atoms with van der Waals surface area (Å²) in [7, 11) is 0. The van der Waals surface area contributed by atoms with Crippen molar-refractivity contribution in [1.29, 1.82) is 0 Å². The molecule has 1 amide bonds. The zero-order valence-corrected chi connectivity index (χ0v) is 9.46. The molecule has 0 aromatic carbocycles. The van der Waals surface area contributed by atoms with Crippen LogP contribution in [0, 0.1) is 5.92 Å². The van der Waals surface area contributed by atoms with Crippen LogP contribution in [0.15, 0.2) is 0 Å². The minimum atomic E-state index is 0.117. The minimum Gasteiger partial charge on any atom is -0.396 e. The van der Waals surface area contributed by atoms with Crippen molar-refractivity contribution in [2.24, 2.45) is 5.92 Å². The molecule has 1 heterocycles. The predicted molar refractivity (Wildman–Crippen MR) is 59.5 cm³/mol. The summed E-state index contributed by atoms with van der Waals surface area (Å²) < 4.78 is 0. The molecule has 1 aliphatic rings. The van der Waals surface area contributed by atoms with Crippen molar-refractivity contribution in [1.82, 2.24) is 10.6 Å². The van der Waals surface area contributed by atoms with Crippen molar-refractivity contribution in [3.05, 3.63) is 0 Å². The number of aliphatic hydroxyl groups is 1. The first-order chi connectivity index (χ1) is 7.27. The fourth-order valence-corrected chi connectivity index (χ4v) is 1.93. The average molecular weight is 214 g/mol. The van der Waals surface area contributed by atoms with Gasteiger partial charge in [-0.3, -0.25) is 4.79 Å². The Labute approximate surface area is 91.4 Å². The summed E-state index contributed by atoms with van der Waals surface area (Å²) in [6, 6.07) is 0.129. The Morgan fingerprint density at radius 3 is 3.00 bits per heavy atom. The second kappa shape index (κ2) is 6.80. The van der Waals surface area contributed by atoms with Gasteiger partial charge in [0.15, 0.2) is 0 Å². The first kappa shape index (κ1) is 12.5. The third-order valence-corrected chi connectivity index (χ3v) is 2.98. The molecule has 1 fully saturated rings. The monoisotopic (exact) mass is 214 g/mol. The lowest BCUT2D eigenvalue weighted by molar-refractivity contribution is -0.126. The SMILES string of the molecule is CCC(CCO)NC(=O)[C@H]1CCCNC1. The summed E-state index contributed by atoms with van der Waals surface area (Å²) in [5, 5.41) is 15.1. The molecule has 1 aliphatic heterocycles. The molecule has 0 spiro atoms. The summed E-state index contributed by atoms with van der Waals surface area (Å²) in [6.07, 6.45) is 3.60. The highest BCUT2D eigenvalue weighted by molar-refractivity contribution is 5.79. The molecule has 0 aromatic rings. The van der Waals surface area contributed by atoms with Gasteiger partial charge in [-0.1, -0.05) is 6.92 Å². The topological polar surface area (TPSA) is 61.4 Å². The Bertz CT molecular complexity index is 191. The highest BCUT2D eigenvalue weighted by Gasteiger charge is 2.22. The van der Waals surface area contributed by atoms with Gasteiger partial charge in [-0.05, 0) is 32.2 Å². The van der Waals surface area contributed by atoms with E-state index in [0.29, 0.717) is 6.42 Å². The third kappa shape index (κ3) is 4.18. The molecule has 2 atom stereocenters. The molecule has 88 valence electrons. The van der Waals surface area contributed by atoms with E-state index in [-0.39, 0.29) is 24.5 Å². The fraction of sp³-hybridized carbons (Fsp3) is 0.909. The molecule has 1 unspecified atom stereocenters. The number of rotatable bonds is 5. The average Bonchev–Trinajstić information content (AvgIpc) is 2.29. The summed E-state index contributed by atoms with van der Waals surface area (Å²) >= 11 is 0. The van der Waals surface area contributed by atoms with Crippen molar-refractivity contribution in [3.63, 3.8) is 0 Å². The number of carbonyl (C=O) groups excluding carboxylic acids is 1. The first-order valence-corrected chi connectivity index (χ1v) is 5.89. The van der Waals surface area contributed by atoms with Crippen LogP contribution < -0.4 is 10.6 Å². The van der Waals surface area contributed by atoms with E-state index in [1.165, 1.54) is 0 Å². The lowest BCUT2D eigenvalue weighted by Crippen LogP contribution is -2.44. The molecule has 1 rings (SSSR count). The number of hydrogen-bond acceptors (Lipinski definition) is 3. The van der Waals surface area contributed by atoms with Gasteiger partial charge in [0.1, 0.15) is 0 Å². The van der Waals surface area contributed by atoms with Gasteiger partial charge < -0.3 is 15.7 Å². The molecule has 0 bridgehead atoms. The van der Waals surface area contributed by atoms with Gasteiger partial charge in [0.25, 0.3) is 0 Å². The highest BCUT2D eigenvalue weighted by atomic mass is 16.3. The van der Waals surface area contributed by atoms with Crippen LogP contribution in [0.4, 0.5) is 0 Å². The number of amides is 1. The maximum absolute atomic E-state index is 11.8. The fourth-order valence-electron chi connectivity index (χ4n) is 1.93. The smallest absolute Gasteiger partial charge is 0.224 e. The molecule has 0 aromatic heterocycles. The number of aliphatic hydroxyl groups excluding tert-OH is 1. The highest BCUT2D eigenvalue weighted by Crippen LogP contribution is 2.10. The largest absolute Gasteiger partial charge is 0.396 e. The zero-order valence-electron chi connectivity index (χ0n) is 9.46. The van der Waals surface area contributed by atoms with Crippen LogP contribution in [-0.2, 0) is 4.79 Å². The van der Waals surface area contributed by atoms with Gasteiger partial charge in [-0.2, -0.15) is 0 Å². The van der Waals surface area contributed by atoms with Crippen molar-refractivity contribution in [2.75, 3.05) is 19.7 Å². The zero-order chi connectivity index (χ0) is 11.1. The molecule has 0 saturated carbocycles. The normalized spacial score (nSPS) is 23.5. The van der Waals surface area contributed by atoms with Crippen molar-refractivity contribution in [2.45, 2.75) is 38.6 Å². The van der Waals surface area contributed by atoms with E-state index < -0.39 is 0 Å². The number of piperidine rings is 1. The molecular weight excluding hydrogens is 192 g/mol. The molecule has 15 heavy (non-hydrogen) atoms. The van der Waals surface area contributed by atoms with Gasteiger partial charge >= 0.3 is 0 Å². The second-order valence-electron chi connectivity index (χ2n) is 4.17. The quantitative estimate of drug-likeness (QED) is 0.615. The molecule has 3 N–H and O–H groups in total. The van der Waals surface area contributed by atoms with Crippen molar-refractivity contribution in [3.8, 4) is 0 Å². The minimum absolute atomic E-state index is 0.117. The van der Waals surface area contributed by atoms with Crippen LogP contribution >= 0.6 is 0 Å². The Hall–Kier alpha value is -0.610. The van der Waals surface area contributed by atoms with Gasteiger partial charge in [0, 0.05) is 19.2 Å². The number of hydrogen-bond donors (Lipinski definition) is 3. The molecule has 1 saturated heterocycles. The van der Waals surface area contributed by atoms with Crippen LogP contribution in [0.2, 0.25) is 0 Å². The maximum atomic E-state index is 11.8. The number of nitrogens with one attached hydrogen (secondary N) is 2. The molecule has 0 aliphatic carbocycles.